The van der Waals surface area contributed by atoms with Crippen LogP contribution in [0, 0.1) is 5.92 Å². The summed E-state index contributed by atoms with van der Waals surface area (Å²) in [6, 6.07) is 0.584. The van der Waals surface area contributed by atoms with Crippen molar-refractivity contribution in [2.75, 3.05) is 40.5 Å². The molecule has 0 aliphatic rings. The molecule has 0 aromatic heterocycles. The van der Waals surface area contributed by atoms with E-state index in [-0.39, 0.29) is 6.04 Å². The molecule has 0 heterocycles. The Morgan fingerprint density at radius 3 is 2.19 bits per heavy atom. The largest absolute Gasteiger partial charge is 0.383 e. The van der Waals surface area contributed by atoms with Crippen LogP contribution >= 0.6 is 0 Å². The highest BCUT2D eigenvalue weighted by molar-refractivity contribution is 4.75. The summed E-state index contributed by atoms with van der Waals surface area (Å²) in [6.07, 6.45) is 0. The number of rotatable bonds is 9. The maximum absolute atomic E-state index is 6.10. The van der Waals surface area contributed by atoms with Gasteiger partial charge in [0.15, 0.2) is 0 Å². The molecule has 2 atom stereocenters. The predicted octanol–water partition coefficient (Wildman–Crippen LogP) is 0.953. The number of hydrogen-bond donors (Lipinski definition) is 1. The summed E-state index contributed by atoms with van der Waals surface area (Å²) >= 11 is 0. The monoisotopic (exact) mass is 232 g/mol. The molecule has 16 heavy (non-hydrogen) atoms. The molecule has 0 spiro atoms. The zero-order chi connectivity index (χ0) is 12.6. The van der Waals surface area contributed by atoms with Gasteiger partial charge in [-0.2, -0.15) is 0 Å². The molecule has 0 rings (SSSR count). The topological polar surface area (TPSA) is 47.7 Å². The van der Waals surface area contributed by atoms with Gasteiger partial charge >= 0.3 is 0 Å². The first-order chi connectivity index (χ1) is 7.52. The van der Waals surface area contributed by atoms with Crippen molar-refractivity contribution in [2.24, 2.45) is 11.7 Å². The fourth-order valence-corrected chi connectivity index (χ4v) is 1.53. The van der Waals surface area contributed by atoms with Crippen molar-refractivity contribution in [3.05, 3.63) is 0 Å². The lowest BCUT2D eigenvalue weighted by Crippen LogP contribution is -2.47. The van der Waals surface area contributed by atoms with Crippen molar-refractivity contribution < 1.29 is 9.47 Å². The Morgan fingerprint density at radius 2 is 1.75 bits per heavy atom. The van der Waals surface area contributed by atoms with Crippen molar-refractivity contribution in [1.29, 1.82) is 0 Å². The van der Waals surface area contributed by atoms with Gasteiger partial charge in [-0.15, -0.1) is 0 Å². The van der Waals surface area contributed by atoms with Crippen LogP contribution in [0.5, 0.6) is 0 Å². The summed E-state index contributed by atoms with van der Waals surface area (Å²) in [7, 11) is 3.45. The van der Waals surface area contributed by atoms with Gasteiger partial charge < -0.3 is 15.2 Å². The molecule has 98 valence electrons. The highest BCUT2D eigenvalue weighted by atomic mass is 16.5. The summed E-state index contributed by atoms with van der Waals surface area (Å²) in [6.45, 7) is 9.73. The zero-order valence-electron chi connectivity index (χ0n) is 11.4. The summed E-state index contributed by atoms with van der Waals surface area (Å²) in [5.41, 5.74) is 6.10. The standard InChI is InChI=1S/C12H28N2O2/c1-10(2)12(13)8-14(6-7-15-4)11(3)9-16-5/h10-12H,6-9,13H2,1-5H3. The van der Waals surface area contributed by atoms with Gasteiger partial charge in [-0.25, -0.2) is 0 Å². The highest BCUT2D eigenvalue weighted by Gasteiger charge is 2.18. The van der Waals surface area contributed by atoms with E-state index in [0.717, 1.165) is 26.3 Å². The van der Waals surface area contributed by atoms with Crippen LogP contribution in [0.25, 0.3) is 0 Å². The Hall–Kier alpha value is -0.160. The summed E-state index contributed by atoms with van der Waals surface area (Å²) in [5, 5.41) is 0. The smallest absolute Gasteiger partial charge is 0.0615 e. The Morgan fingerprint density at radius 1 is 1.12 bits per heavy atom. The lowest BCUT2D eigenvalue weighted by Gasteiger charge is -2.32. The minimum atomic E-state index is 0.205. The van der Waals surface area contributed by atoms with Gasteiger partial charge in [0, 0.05) is 39.4 Å². The van der Waals surface area contributed by atoms with E-state index < -0.39 is 0 Å². The van der Waals surface area contributed by atoms with Crippen molar-refractivity contribution in [1.82, 2.24) is 4.90 Å². The van der Waals surface area contributed by atoms with Crippen molar-refractivity contribution in [3.63, 3.8) is 0 Å². The zero-order valence-corrected chi connectivity index (χ0v) is 11.4. The van der Waals surface area contributed by atoms with Crippen LogP contribution in [0.15, 0.2) is 0 Å². The van der Waals surface area contributed by atoms with E-state index in [2.05, 4.69) is 25.7 Å². The average Bonchev–Trinajstić information content (AvgIpc) is 2.23. The van der Waals surface area contributed by atoms with Gasteiger partial charge in [-0.1, -0.05) is 13.8 Å². The van der Waals surface area contributed by atoms with Gasteiger partial charge in [0.05, 0.1) is 13.2 Å². The molecule has 0 bridgehead atoms. The van der Waals surface area contributed by atoms with Crippen LogP contribution in [0.3, 0.4) is 0 Å². The molecule has 0 amide bonds. The van der Waals surface area contributed by atoms with E-state index in [1.807, 2.05) is 0 Å². The lowest BCUT2D eigenvalue weighted by atomic mass is 10.0. The number of methoxy groups -OCH3 is 2. The molecule has 0 aliphatic heterocycles. The third kappa shape index (κ3) is 6.43. The molecule has 2 N–H and O–H groups in total. The van der Waals surface area contributed by atoms with E-state index >= 15 is 0 Å². The van der Waals surface area contributed by atoms with Crippen molar-refractivity contribution >= 4 is 0 Å². The Bertz CT molecular complexity index is 165. The second kappa shape index (κ2) is 8.93. The molecule has 0 radical (unpaired) electrons. The van der Waals surface area contributed by atoms with Crippen LogP contribution < -0.4 is 5.73 Å². The Labute approximate surface area is 100 Å². The molecule has 0 saturated heterocycles. The van der Waals surface area contributed by atoms with Gasteiger partial charge in [0.1, 0.15) is 0 Å². The van der Waals surface area contributed by atoms with Crippen LogP contribution in [-0.4, -0.2) is 57.5 Å². The van der Waals surface area contributed by atoms with Gasteiger partial charge in [0.25, 0.3) is 0 Å². The summed E-state index contributed by atoms with van der Waals surface area (Å²) in [4.78, 5) is 2.33. The lowest BCUT2D eigenvalue weighted by molar-refractivity contribution is 0.0684. The maximum atomic E-state index is 6.10. The van der Waals surface area contributed by atoms with Crippen LogP contribution in [0.1, 0.15) is 20.8 Å². The third-order valence-electron chi connectivity index (χ3n) is 2.92. The van der Waals surface area contributed by atoms with Crippen LogP contribution in [-0.2, 0) is 9.47 Å². The normalized spacial score (nSPS) is 15.8. The molecular formula is C12H28N2O2. The quantitative estimate of drug-likeness (QED) is 0.643. The second-order valence-electron chi connectivity index (χ2n) is 4.70. The fraction of sp³-hybridized carbons (Fsp3) is 1.00. The van der Waals surface area contributed by atoms with Crippen LogP contribution in [0.2, 0.25) is 0 Å². The highest BCUT2D eigenvalue weighted by Crippen LogP contribution is 2.05. The molecular weight excluding hydrogens is 204 g/mol. The molecule has 0 aliphatic carbocycles. The van der Waals surface area contributed by atoms with Crippen LogP contribution in [0.4, 0.5) is 0 Å². The van der Waals surface area contributed by atoms with Gasteiger partial charge in [-0.3, -0.25) is 4.90 Å². The van der Waals surface area contributed by atoms with Gasteiger partial charge in [0.2, 0.25) is 0 Å². The summed E-state index contributed by atoms with van der Waals surface area (Å²) < 4.78 is 10.3. The first kappa shape index (κ1) is 15.8. The molecule has 0 fully saturated rings. The van der Waals surface area contributed by atoms with Crippen molar-refractivity contribution in [2.45, 2.75) is 32.9 Å². The number of ether oxygens (including phenoxy) is 2. The molecule has 0 aromatic carbocycles. The second-order valence-corrected chi connectivity index (χ2v) is 4.70. The Kier molecular flexibility index (Phi) is 8.84. The van der Waals surface area contributed by atoms with E-state index in [9.17, 15) is 0 Å². The van der Waals surface area contributed by atoms with E-state index in [4.69, 9.17) is 15.2 Å². The van der Waals surface area contributed by atoms with Gasteiger partial charge in [-0.05, 0) is 12.8 Å². The number of nitrogens with zero attached hydrogens (tertiary/aromatic N) is 1. The predicted molar refractivity (Wildman–Crippen MR) is 67.6 cm³/mol. The minimum absolute atomic E-state index is 0.205. The Balaban J connectivity index is 4.18. The first-order valence-corrected chi connectivity index (χ1v) is 6.00. The molecule has 0 aromatic rings. The molecule has 0 saturated carbocycles. The van der Waals surface area contributed by atoms with E-state index in [1.165, 1.54) is 0 Å². The van der Waals surface area contributed by atoms with E-state index in [1.54, 1.807) is 14.2 Å². The first-order valence-electron chi connectivity index (χ1n) is 6.00. The molecule has 2 unspecified atom stereocenters. The average molecular weight is 232 g/mol. The summed E-state index contributed by atoms with van der Waals surface area (Å²) in [5.74, 6) is 0.500. The number of hydrogen-bond acceptors (Lipinski definition) is 4. The van der Waals surface area contributed by atoms with Crippen molar-refractivity contribution in [3.8, 4) is 0 Å². The molecule has 4 nitrogen and oxygen atoms in total. The third-order valence-corrected chi connectivity index (χ3v) is 2.92. The fourth-order valence-electron chi connectivity index (χ4n) is 1.53. The maximum Gasteiger partial charge on any atom is 0.0615 e. The van der Waals surface area contributed by atoms with E-state index in [0.29, 0.717) is 12.0 Å². The molecule has 4 heteroatoms. The minimum Gasteiger partial charge on any atom is -0.383 e. The number of nitrogens with two attached hydrogens (primary N) is 1. The SMILES string of the molecule is COCCN(CC(N)C(C)C)C(C)COC.